The summed E-state index contributed by atoms with van der Waals surface area (Å²) < 4.78 is 38.7. The minimum atomic E-state index is -4.43. The van der Waals surface area contributed by atoms with Gasteiger partial charge in [-0.05, 0) is 30.3 Å². The number of hydrogen-bond donors (Lipinski definition) is 1. The van der Waals surface area contributed by atoms with Gasteiger partial charge in [0, 0.05) is 17.8 Å². The number of benzene rings is 2. The van der Waals surface area contributed by atoms with Crippen LogP contribution in [0.25, 0.3) is 10.2 Å². The van der Waals surface area contributed by atoms with Crippen molar-refractivity contribution < 1.29 is 22.9 Å². The van der Waals surface area contributed by atoms with E-state index in [2.05, 4.69) is 10.3 Å². The molecule has 1 heterocycles. The second-order valence-electron chi connectivity index (χ2n) is 5.30. The highest BCUT2D eigenvalue weighted by Crippen LogP contribution is 2.32. The van der Waals surface area contributed by atoms with Crippen LogP contribution in [0.1, 0.15) is 5.56 Å². The summed E-state index contributed by atoms with van der Waals surface area (Å²) >= 11 is 2.36. The lowest BCUT2D eigenvalue weighted by Crippen LogP contribution is -2.14. The van der Waals surface area contributed by atoms with Gasteiger partial charge in [-0.15, -0.1) is 11.3 Å². The standard InChI is InChI=1S/C16H10F3N3O3S2/c17-16(18,19)9-1-3-10(4-2-9)20-14(23)8-26-15-21-12-6-5-11(22(24)25)7-13(12)27-15/h1-7H,8H2,(H,20,23). The summed E-state index contributed by atoms with van der Waals surface area (Å²) in [5.41, 5.74) is 0.0194. The third-order valence-electron chi connectivity index (χ3n) is 3.39. The minimum Gasteiger partial charge on any atom is -0.325 e. The molecule has 3 aromatic rings. The first-order chi connectivity index (χ1) is 12.7. The van der Waals surface area contributed by atoms with Crippen LogP contribution >= 0.6 is 23.1 Å². The van der Waals surface area contributed by atoms with Gasteiger partial charge < -0.3 is 5.32 Å². The molecule has 1 N–H and O–H groups in total. The maximum Gasteiger partial charge on any atom is 0.416 e. The van der Waals surface area contributed by atoms with E-state index in [4.69, 9.17) is 0 Å². The monoisotopic (exact) mass is 413 g/mol. The highest BCUT2D eigenvalue weighted by Gasteiger charge is 2.30. The van der Waals surface area contributed by atoms with Crippen LogP contribution in [-0.2, 0) is 11.0 Å². The zero-order valence-electron chi connectivity index (χ0n) is 13.3. The molecule has 0 bridgehead atoms. The smallest absolute Gasteiger partial charge is 0.325 e. The molecule has 0 saturated carbocycles. The number of nitrogens with zero attached hydrogens (tertiary/aromatic N) is 2. The Morgan fingerprint density at radius 1 is 1.22 bits per heavy atom. The number of nitro groups is 1. The lowest BCUT2D eigenvalue weighted by atomic mass is 10.2. The molecule has 1 aromatic heterocycles. The molecule has 3 rings (SSSR count). The van der Waals surface area contributed by atoms with E-state index in [1.54, 1.807) is 0 Å². The lowest BCUT2D eigenvalue weighted by molar-refractivity contribution is -0.384. The van der Waals surface area contributed by atoms with Crippen LogP contribution in [0.2, 0.25) is 0 Å². The Hall–Kier alpha value is -2.66. The van der Waals surface area contributed by atoms with E-state index < -0.39 is 22.6 Å². The maximum atomic E-state index is 12.5. The number of aromatic nitrogens is 1. The SMILES string of the molecule is O=C(CSc1nc2ccc([N+](=O)[O-])cc2s1)Nc1ccc(C(F)(F)F)cc1. The van der Waals surface area contributed by atoms with Crippen LogP contribution in [-0.4, -0.2) is 21.6 Å². The number of thiazole rings is 1. The van der Waals surface area contributed by atoms with Gasteiger partial charge in [0.15, 0.2) is 4.34 Å². The molecule has 0 radical (unpaired) electrons. The van der Waals surface area contributed by atoms with Crippen molar-refractivity contribution in [3.63, 3.8) is 0 Å². The number of rotatable bonds is 5. The Morgan fingerprint density at radius 3 is 2.56 bits per heavy atom. The number of hydrogen-bond acceptors (Lipinski definition) is 6. The van der Waals surface area contributed by atoms with Crippen molar-refractivity contribution in [3.8, 4) is 0 Å². The van der Waals surface area contributed by atoms with Gasteiger partial charge in [-0.1, -0.05) is 11.8 Å². The second-order valence-corrected chi connectivity index (χ2v) is 7.55. The van der Waals surface area contributed by atoms with Crippen molar-refractivity contribution in [1.29, 1.82) is 0 Å². The van der Waals surface area contributed by atoms with E-state index in [9.17, 15) is 28.1 Å². The number of nitro benzene ring substituents is 1. The molecule has 0 saturated heterocycles. The van der Waals surface area contributed by atoms with Gasteiger partial charge in [-0.3, -0.25) is 14.9 Å². The predicted molar refractivity (Wildman–Crippen MR) is 97.1 cm³/mol. The Bertz CT molecular complexity index is 1000. The molecule has 0 unspecified atom stereocenters. The number of nitrogens with one attached hydrogen (secondary N) is 1. The summed E-state index contributed by atoms with van der Waals surface area (Å²) in [7, 11) is 0. The van der Waals surface area contributed by atoms with Crippen LogP contribution in [0, 0.1) is 10.1 Å². The summed E-state index contributed by atoms with van der Waals surface area (Å²) in [6, 6.07) is 8.46. The minimum absolute atomic E-state index is 0.00291. The number of alkyl halides is 3. The normalized spacial score (nSPS) is 11.5. The van der Waals surface area contributed by atoms with Crippen molar-refractivity contribution in [2.45, 2.75) is 10.5 Å². The summed E-state index contributed by atoms with van der Waals surface area (Å²) in [5.74, 6) is -0.395. The van der Waals surface area contributed by atoms with Crippen molar-refractivity contribution in [3.05, 3.63) is 58.1 Å². The Kier molecular flexibility index (Phi) is 5.33. The van der Waals surface area contributed by atoms with E-state index in [1.165, 1.54) is 41.7 Å². The predicted octanol–water partition coefficient (Wildman–Crippen LogP) is 4.95. The van der Waals surface area contributed by atoms with Gasteiger partial charge in [-0.2, -0.15) is 13.2 Å². The number of amides is 1. The van der Waals surface area contributed by atoms with Crippen LogP contribution in [0.5, 0.6) is 0 Å². The number of anilines is 1. The largest absolute Gasteiger partial charge is 0.416 e. The number of carbonyl (C=O) groups excluding carboxylic acids is 1. The Balaban J connectivity index is 1.60. The van der Waals surface area contributed by atoms with Crippen molar-refractivity contribution in [2.75, 3.05) is 11.1 Å². The number of non-ortho nitro benzene ring substituents is 1. The van der Waals surface area contributed by atoms with Gasteiger partial charge in [0.25, 0.3) is 5.69 Å². The quantitative estimate of drug-likeness (QED) is 0.363. The van der Waals surface area contributed by atoms with Gasteiger partial charge in [0.2, 0.25) is 5.91 Å². The first-order valence-corrected chi connectivity index (χ1v) is 9.17. The summed E-state index contributed by atoms with van der Waals surface area (Å²) in [4.78, 5) is 26.5. The molecular weight excluding hydrogens is 403 g/mol. The van der Waals surface area contributed by atoms with Crippen molar-refractivity contribution in [1.82, 2.24) is 4.98 Å². The van der Waals surface area contributed by atoms with Gasteiger partial charge in [0.1, 0.15) is 0 Å². The molecule has 0 aliphatic rings. The molecule has 11 heteroatoms. The molecule has 0 atom stereocenters. The summed E-state index contributed by atoms with van der Waals surface area (Å²) in [6.07, 6.45) is -4.43. The molecule has 27 heavy (non-hydrogen) atoms. The molecule has 1 amide bonds. The van der Waals surface area contributed by atoms with Crippen LogP contribution < -0.4 is 5.32 Å². The molecule has 2 aromatic carbocycles. The second kappa shape index (κ2) is 7.53. The molecule has 0 aliphatic heterocycles. The average Bonchev–Trinajstić information content (AvgIpc) is 3.01. The van der Waals surface area contributed by atoms with E-state index in [0.717, 1.165) is 23.9 Å². The fourth-order valence-corrected chi connectivity index (χ4v) is 4.04. The molecule has 0 spiro atoms. The molecule has 6 nitrogen and oxygen atoms in total. The van der Waals surface area contributed by atoms with Gasteiger partial charge in [0.05, 0.1) is 26.5 Å². The number of carbonyl (C=O) groups is 1. The van der Waals surface area contributed by atoms with Crippen molar-refractivity contribution >= 4 is 50.6 Å². The summed E-state index contributed by atoms with van der Waals surface area (Å²) in [6.45, 7) is 0. The zero-order valence-corrected chi connectivity index (χ0v) is 15.0. The fourth-order valence-electron chi connectivity index (χ4n) is 2.13. The first kappa shape index (κ1) is 19.1. The third-order valence-corrected chi connectivity index (χ3v) is 5.55. The fraction of sp³-hybridized carbons (Fsp3) is 0.125. The van der Waals surface area contributed by atoms with Gasteiger partial charge >= 0.3 is 6.18 Å². The van der Waals surface area contributed by atoms with E-state index in [-0.39, 0.29) is 17.1 Å². The molecule has 140 valence electrons. The molecule has 0 aliphatic carbocycles. The van der Waals surface area contributed by atoms with Gasteiger partial charge in [-0.25, -0.2) is 4.98 Å². The Labute approximate surface area is 158 Å². The third kappa shape index (κ3) is 4.74. The highest BCUT2D eigenvalue weighted by atomic mass is 32.2. The summed E-state index contributed by atoms with van der Waals surface area (Å²) in [5, 5.41) is 13.3. The zero-order chi connectivity index (χ0) is 19.6. The van der Waals surface area contributed by atoms with E-state index in [1.807, 2.05) is 0 Å². The van der Waals surface area contributed by atoms with Crippen molar-refractivity contribution in [2.24, 2.45) is 0 Å². The highest BCUT2D eigenvalue weighted by molar-refractivity contribution is 8.01. The molecule has 0 fully saturated rings. The number of halogens is 3. The average molecular weight is 413 g/mol. The first-order valence-electron chi connectivity index (χ1n) is 7.37. The van der Waals surface area contributed by atoms with Crippen LogP contribution in [0.4, 0.5) is 24.5 Å². The Morgan fingerprint density at radius 2 is 1.93 bits per heavy atom. The van der Waals surface area contributed by atoms with E-state index >= 15 is 0 Å². The van der Waals surface area contributed by atoms with Crippen LogP contribution in [0.3, 0.4) is 0 Å². The molecular formula is C16H10F3N3O3S2. The maximum absolute atomic E-state index is 12.5. The number of thioether (sulfide) groups is 1. The van der Waals surface area contributed by atoms with E-state index in [0.29, 0.717) is 14.6 Å². The van der Waals surface area contributed by atoms with Crippen LogP contribution in [0.15, 0.2) is 46.8 Å². The lowest BCUT2D eigenvalue weighted by Gasteiger charge is -2.08. The number of fused-ring (bicyclic) bond motifs is 1. The topological polar surface area (TPSA) is 85.1 Å².